The Bertz CT molecular complexity index is 985. The summed E-state index contributed by atoms with van der Waals surface area (Å²) in [7, 11) is 3.32. The van der Waals surface area contributed by atoms with E-state index in [4.69, 9.17) is 19.2 Å². The molecule has 0 radical (unpaired) electrons. The summed E-state index contributed by atoms with van der Waals surface area (Å²) < 4.78 is 16.1. The summed E-state index contributed by atoms with van der Waals surface area (Å²) in [6.45, 7) is 6.20. The van der Waals surface area contributed by atoms with Gasteiger partial charge < -0.3 is 24.0 Å². The minimum absolute atomic E-state index is 0.588. The van der Waals surface area contributed by atoms with Gasteiger partial charge in [0.25, 0.3) is 0 Å². The lowest BCUT2D eigenvalue weighted by Crippen LogP contribution is -2.46. The van der Waals surface area contributed by atoms with Crippen LogP contribution in [0.1, 0.15) is 6.92 Å². The fourth-order valence-corrected chi connectivity index (χ4v) is 3.77. The monoisotopic (exact) mass is 420 g/mol. The fraction of sp³-hybridized carbons (Fsp3) is 0.333. The average Bonchev–Trinajstić information content (AvgIpc) is 2.84. The Morgan fingerprint density at radius 1 is 0.806 bits per heavy atom. The predicted molar refractivity (Wildman–Crippen MR) is 123 cm³/mol. The smallest absolute Gasteiger partial charge is 0.213 e. The van der Waals surface area contributed by atoms with Crippen molar-refractivity contribution in [1.29, 1.82) is 0 Å². The third-order valence-electron chi connectivity index (χ3n) is 5.42. The molecule has 0 amide bonds. The second-order valence-electron chi connectivity index (χ2n) is 7.21. The van der Waals surface area contributed by atoms with Crippen molar-refractivity contribution in [1.82, 2.24) is 9.97 Å². The molecule has 31 heavy (non-hydrogen) atoms. The SMILES string of the molecule is CCOc1ccc(-c2nc(OC)ccc2N2CCN(c3ccc(OC)cc3)CC2)cn1. The predicted octanol–water partition coefficient (Wildman–Crippen LogP) is 3.89. The highest BCUT2D eigenvalue weighted by molar-refractivity contribution is 5.75. The normalized spacial score (nSPS) is 13.8. The molecular weight excluding hydrogens is 392 g/mol. The second kappa shape index (κ2) is 9.55. The molecule has 0 unspecified atom stereocenters. The maximum absolute atomic E-state index is 5.48. The van der Waals surface area contributed by atoms with Crippen LogP contribution in [0.2, 0.25) is 0 Å². The van der Waals surface area contributed by atoms with E-state index >= 15 is 0 Å². The number of benzene rings is 1. The lowest BCUT2D eigenvalue weighted by atomic mass is 10.1. The highest BCUT2D eigenvalue weighted by atomic mass is 16.5. The van der Waals surface area contributed by atoms with Gasteiger partial charge >= 0.3 is 0 Å². The van der Waals surface area contributed by atoms with Crippen LogP contribution in [-0.4, -0.2) is 57.0 Å². The van der Waals surface area contributed by atoms with Crippen molar-refractivity contribution in [2.45, 2.75) is 6.92 Å². The van der Waals surface area contributed by atoms with Crippen molar-refractivity contribution in [3.05, 3.63) is 54.7 Å². The summed E-state index contributed by atoms with van der Waals surface area (Å²) in [6.07, 6.45) is 1.81. The van der Waals surface area contributed by atoms with Gasteiger partial charge in [0, 0.05) is 55.8 Å². The minimum atomic E-state index is 0.588. The first-order valence-corrected chi connectivity index (χ1v) is 10.5. The zero-order chi connectivity index (χ0) is 21.6. The van der Waals surface area contributed by atoms with Crippen molar-refractivity contribution in [2.24, 2.45) is 0 Å². The van der Waals surface area contributed by atoms with Gasteiger partial charge in [-0.05, 0) is 43.3 Å². The Balaban J connectivity index is 1.54. The van der Waals surface area contributed by atoms with E-state index in [9.17, 15) is 0 Å². The standard InChI is InChI=1S/C24H28N4O3/c1-4-31-22-11-5-18(17-25-22)24-21(10-12-23(26-24)30-3)28-15-13-27(14-16-28)19-6-8-20(29-2)9-7-19/h5-12,17H,4,13-16H2,1-3H3. The third kappa shape index (κ3) is 4.66. The summed E-state index contributed by atoms with van der Waals surface area (Å²) >= 11 is 0. The molecule has 7 nitrogen and oxygen atoms in total. The van der Waals surface area contributed by atoms with Crippen LogP contribution in [0.15, 0.2) is 54.7 Å². The maximum atomic E-state index is 5.48. The van der Waals surface area contributed by atoms with Crippen LogP contribution in [0, 0.1) is 0 Å². The molecule has 0 bridgehead atoms. The van der Waals surface area contributed by atoms with E-state index in [1.54, 1.807) is 14.2 Å². The summed E-state index contributed by atoms with van der Waals surface area (Å²) in [5, 5.41) is 0. The molecule has 1 saturated heterocycles. The number of hydrogen-bond donors (Lipinski definition) is 0. The largest absolute Gasteiger partial charge is 0.497 e. The molecule has 0 atom stereocenters. The van der Waals surface area contributed by atoms with Crippen molar-refractivity contribution >= 4 is 11.4 Å². The zero-order valence-electron chi connectivity index (χ0n) is 18.2. The van der Waals surface area contributed by atoms with Gasteiger partial charge in [-0.3, -0.25) is 0 Å². The van der Waals surface area contributed by atoms with Gasteiger partial charge in [-0.15, -0.1) is 0 Å². The Labute approximate surface area is 183 Å². The zero-order valence-corrected chi connectivity index (χ0v) is 18.2. The van der Waals surface area contributed by atoms with E-state index in [2.05, 4.69) is 33.0 Å². The van der Waals surface area contributed by atoms with Crippen LogP contribution in [0.5, 0.6) is 17.5 Å². The summed E-state index contributed by atoms with van der Waals surface area (Å²) in [6, 6.07) is 16.1. The van der Waals surface area contributed by atoms with Crippen LogP contribution in [0.3, 0.4) is 0 Å². The molecule has 4 rings (SSSR count). The van der Waals surface area contributed by atoms with E-state index in [1.807, 2.05) is 43.5 Å². The van der Waals surface area contributed by atoms with Gasteiger partial charge in [0.05, 0.1) is 32.2 Å². The Morgan fingerprint density at radius 2 is 1.52 bits per heavy atom. The average molecular weight is 421 g/mol. The highest BCUT2D eigenvalue weighted by Gasteiger charge is 2.21. The molecule has 1 aromatic carbocycles. The molecule has 1 fully saturated rings. The third-order valence-corrected chi connectivity index (χ3v) is 5.42. The van der Waals surface area contributed by atoms with Gasteiger partial charge in [0.15, 0.2) is 0 Å². The topological polar surface area (TPSA) is 60.0 Å². The molecule has 2 aromatic heterocycles. The molecule has 1 aliphatic rings. The van der Waals surface area contributed by atoms with Gasteiger partial charge in [0.2, 0.25) is 11.8 Å². The van der Waals surface area contributed by atoms with E-state index in [0.717, 1.165) is 48.9 Å². The Morgan fingerprint density at radius 3 is 2.13 bits per heavy atom. The molecule has 0 saturated carbocycles. The summed E-state index contributed by atoms with van der Waals surface area (Å²) in [4.78, 5) is 13.9. The first kappa shape index (κ1) is 20.8. The van der Waals surface area contributed by atoms with E-state index in [0.29, 0.717) is 18.4 Å². The molecule has 162 valence electrons. The lowest BCUT2D eigenvalue weighted by Gasteiger charge is -2.38. The van der Waals surface area contributed by atoms with Crippen LogP contribution >= 0.6 is 0 Å². The molecule has 3 aromatic rings. The van der Waals surface area contributed by atoms with Crippen LogP contribution in [-0.2, 0) is 0 Å². The van der Waals surface area contributed by atoms with Crippen LogP contribution < -0.4 is 24.0 Å². The summed E-state index contributed by atoms with van der Waals surface area (Å²) in [5.74, 6) is 2.08. The first-order chi connectivity index (χ1) is 15.2. The molecule has 0 N–H and O–H groups in total. The van der Waals surface area contributed by atoms with Crippen molar-refractivity contribution < 1.29 is 14.2 Å². The van der Waals surface area contributed by atoms with Crippen molar-refractivity contribution in [2.75, 3.05) is 56.8 Å². The number of methoxy groups -OCH3 is 2. The van der Waals surface area contributed by atoms with Gasteiger partial charge in [0.1, 0.15) is 5.75 Å². The number of aromatic nitrogens is 2. The number of nitrogens with zero attached hydrogens (tertiary/aromatic N) is 4. The molecule has 1 aliphatic heterocycles. The maximum Gasteiger partial charge on any atom is 0.213 e. The highest BCUT2D eigenvalue weighted by Crippen LogP contribution is 2.33. The molecule has 3 heterocycles. The number of pyridine rings is 2. The molecular formula is C24H28N4O3. The van der Waals surface area contributed by atoms with Gasteiger partial charge in [-0.2, -0.15) is 0 Å². The first-order valence-electron chi connectivity index (χ1n) is 10.5. The van der Waals surface area contributed by atoms with E-state index in [1.165, 1.54) is 5.69 Å². The fourth-order valence-electron chi connectivity index (χ4n) is 3.77. The van der Waals surface area contributed by atoms with Gasteiger partial charge in [-0.1, -0.05) is 0 Å². The van der Waals surface area contributed by atoms with Crippen LogP contribution in [0.4, 0.5) is 11.4 Å². The number of anilines is 2. The van der Waals surface area contributed by atoms with Crippen LogP contribution in [0.25, 0.3) is 11.3 Å². The van der Waals surface area contributed by atoms with Crippen molar-refractivity contribution in [3.8, 4) is 28.8 Å². The Hall–Kier alpha value is -3.48. The number of hydrogen-bond acceptors (Lipinski definition) is 7. The van der Waals surface area contributed by atoms with Crippen molar-refractivity contribution in [3.63, 3.8) is 0 Å². The van der Waals surface area contributed by atoms with E-state index in [-0.39, 0.29) is 0 Å². The van der Waals surface area contributed by atoms with E-state index < -0.39 is 0 Å². The molecule has 0 aliphatic carbocycles. The second-order valence-corrected chi connectivity index (χ2v) is 7.21. The minimum Gasteiger partial charge on any atom is -0.497 e. The number of ether oxygens (including phenoxy) is 3. The summed E-state index contributed by atoms with van der Waals surface area (Å²) in [5.41, 5.74) is 4.10. The number of rotatable bonds is 7. The quantitative estimate of drug-likeness (QED) is 0.575. The number of piperazine rings is 1. The molecule has 0 spiro atoms. The Kier molecular flexibility index (Phi) is 6.40. The van der Waals surface area contributed by atoms with Gasteiger partial charge in [-0.25, -0.2) is 9.97 Å². The lowest BCUT2D eigenvalue weighted by molar-refractivity contribution is 0.327. The molecule has 7 heteroatoms.